The highest BCUT2D eigenvalue weighted by molar-refractivity contribution is 7.92. The molecule has 0 aliphatic carbocycles. The summed E-state index contributed by atoms with van der Waals surface area (Å²) >= 11 is 0. The molecule has 0 bridgehead atoms. The normalized spacial score (nSPS) is 11.1. The maximum Gasteiger partial charge on any atom is 0.305 e. The summed E-state index contributed by atoms with van der Waals surface area (Å²) in [6.07, 6.45) is 0.128. The van der Waals surface area contributed by atoms with Crippen LogP contribution in [0.15, 0.2) is 18.2 Å². The SMILES string of the molecule is COC(=O)CCCS(=O)(=O)Nc1ccc(C)cc1F. The second-order valence-corrected chi connectivity index (χ2v) is 5.93. The molecule has 0 heterocycles. The van der Waals surface area contributed by atoms with Crippen LogP contribution in [0.2, 0.25) is 0 Å². The lowest BCUT2D eigenvalue weighted by Gasteiger charge is -2.09. The number of esters is 1. The number of sulfonamides is 1. The molecule has 1 aromatic rings. The van der Waals surface area contributed by atoms with Gasteiger partial charge in [-0.2, -0.15) is 0 Å². The van der Waals surface area contributed by atoms with E-state index in [1.54, 1.807) is 13.0 Å². The van der Waals surface area contributed by atoms with Crippen LogP contribution in [-0.2, 0) is 19.6 Å². The number of anilines is 1. The Morgan fingerprint density at radius 1 is 1.42 bits per heavy atom. The van der Waals surface area contributed by atoms with E-state index in [0.29, 0.717) is 5.56 Å². The third-order valence-electron chi connectivity index (χ3n) is 2.41. The van der Waals surface area contributed by atoms with E-state index in [-0.39, 0.29) is 24.3 Å². The minimum atomic E-state index is -3.67. The van der Waals surface area contributed by atoms with Gasteiger partial charge in [0.25, 0.3) is 0 Å². The summed E-state index contributed by atoms with van der Waals surface area (Å²) in [6, 6.07) is 4.21. The molecule has 0 saturated heterocycles. The molecule has 0 aliphatic heterocycles. The fourth-order valence-electron chi connectivity index (χ4n) is 1.43. The molecule has 0 spiro atoms. The van der Waals surface area contributed by atoms with E-state index >= 15 is 0 Å². The highest BCUT2D eigenvalue weighted by atomic mass is 32.2. The summed E-state index contributed by atoms with van der Waals surface area (Å²) in [6.45, 7) is 1.71. The number of halogens is 1. The Kier molecular flexibility index (Phi) is 5.29. The number of carbonyl (C=O) groups is 1. The number of nitrogens with one attached hydrogen (secondary N) is 1. The molecule has 5 nitrogen and oxygen atoms in total. The number of methoxy groups -OCH3 is 1. The molecule has 7 heteroatoms. The van der Waals surface area contributed by atoms with Gasteiger partial charge in [-0.05, 0) is 31.0 Å². The van der Waals surface area contributed by atoms with Crippen LogP contribution >= 0.6 is 0 Å². The maximum absolute atomic E-state index is 13.5. The molecule has 0 aliphatic rings. The summed E-state index contributed by atoms with van der Waals surface area (Å²) in [5.74, 6) is -1.37. The Bertz CT molecular complexity index is 557. The van der Waals surface area contributed by atoms with Crippen molar-refractivity contribution in [3.63, 3.8) is 0 Å². The first-order valence-corrected chi connectivity index (χ1v) is 7.33. The largest absolute Gasteiger partial charge is 0.469 e. The van der Waals surface area contributed by atoms with Gasteiger partial charge in [0.2, 0.25) is 10.0 Å². The van der Waals surface area contributed by atoms with Gasteiger partial charge in [-0.3, -0.25) is 9.52 Å². The summed E-state index contributed by atoms with van der Waals surface area (Å²) < 4.78 is 43.4. The molecular formula is C12H16FNO4S. The van der Waals surface area contributed by atoms with E-state index in [4.69, 9.17) is 0 Å². The van der Waals surface area contributed by atoms with E-state index in [1.807, 2.05) is 0 Å². The third-order valence-corrected chi connectivity index (χ3v) is 3.77. The molecule has 0 unspecified atom stereocenters. The molecule has 19 heavy (non-hydrogen) atoms. The van der Waals surface area contributed by atoms with Crippen LogP contribution in [0.4, 0.5) is 10.1 Å². The second kappa shape index (κ2) is 6.51. The number of aryl methyl sites for hydroxylation is 1. The number of hydrogen-bond donors (Lipinski definition) is 1. The fraction of sp³-hybridized carbons (Fsp3) is 0.417. The van der Waals surface area contributed by atoms with Crippen molar-refractivity contribution < 1.29 is 22.3 Å². The van der Waals surface area contributed by atoms with Crippen molar-refractivity contribution >= 4 is 21.7 Å². The van der Waals surface area contributed by atoms with Gasteiger partial charge in [-0.25, -0.2) is 12.8 Å². The lowest BCUT2D eigenvalue weighted by Crippen LogP contribution is -2.18. The van der Waals surface area contributed by atoms with Crippen molar-refractivity contribution in [2.75, 3.05) is 17.6 Å². The van der Waals surface area contributed by atoms with Crippen LogP contribution in [-0.4, -0.2) is 27.2 Å². The second-order valence-electron chi connectivity index (χ2n) is 4.08. The minimum absolute atomic E-state index is 0.00773. The first kappa shape index (κ1) is 15.4. The molecule has 0 fully saturated rings. The number of rotatable bonds is 6. The van der Waals surface area contributed by atoms with Crippen LogP contribution in [0.3, 0.4) is 0 Å². The van der Waals surface area contributed by atoms with Gasteiger partial charge < -0.3 is 4.74 Å². The van der Waals surface area contributed by atoms with E-state index < -0.39 is 21.8 Å². The summed E-state index contributed by atoms with van der Waals surface area (Å²) in [5.41, 5.74) is 0.606. The predicted octanol–water partition coefficient (Wildman–Crippen LogP) is 1.83. The van der Waals surface area contributed by atoms with Crippen LogP contribution in [0.25, 0.3) is 0 Å². The van der Waals surface area contributed by atoms with Gasteiger partial charge in [0.1, 0.15) is 5.82 Å². The van der Waals surface area contributed by atoms with Crippen LogP contribution in [0, 0.1) is 12.7 Å². The first-order chi connectivity index (χ1) is 8.84. The third kappa shape index (κ3) is 5.25. The van der Waals surface area contributed by atoms with Crippen LogP contribution in [0.1, 0.15) is 18.4 Å². The lowest BCUT2D eigenvalue weighted by molar-refractivity contribution is -0.140. The Labute approximate surface area is 111 Å². The zero-order chi connectivity index (χ0) is 14.5. The predicted molar refractivity (Wildman–Crippen MR) is 69.8 cm³/mol. The molecule has 0 atom stereocenters. The van der Waals surface area contributed by atoms with Crippen molar-refractivity contribution in [2.24, 2.45) is 0 Å². The van der Waals surface area contributed by atoms with Gasteiger partial charge in [0.05, 0.1) is 18.6 Å². The average Bonchev–Trinajstić information content (AvgIpc) is 2.32. The highest BCUT2D eigenvalue weighted by Crippen LogP contribution is 2.17. The molecule has 106 valence electrons. The molecule has 0 radical (unpaired) electrons. The molecular weight excluding hydrogens is 273 g/mol. The molecule has 1 aromatic carbocycles. The average molecular weight is 289 g/mol. The van der Waals surface area contributed by atoms with Crippen molar-refractivity contribution in [1.29, 1.82) is 0 Å². The standard InChI is InChI=1S/C12H16FNO4S/c1-9-5-6-11(10(13)8-9)14-19(16,17)7-3-4-12(15)18-2/h5-6,8,14H,3-4,7H2,1-2H3. The molecule has 1 N–H and O–H groups in total. The molecule has 1 rings (SSSR count). The molecule has 0 aromatic heterocycles. The van der Waals surface area contributed by atoms with E-state index in [0.717, 1.165) is 0 Å². The van der Waals surface area contributed by atoms with Crippen LogP contribution in [0.5, 0.6) is 0 Å². The number of benzene rings is 1. The molecule has 0 saturated carbocycles. The Hall–Kier alpha value is -1.63. The lowest BCUT2D eigenvalue weighted by atomic mass is 10.2. The van der Waals surface area contributed by atoms with Gasteiger partial charge in [-0.15, -0.1) is 0 Å². The zero-order valence-electron chi connectivity index (χ0n) is 10.8. The fourth-order valence-corrected chi connectivity index (χ4v) is 2.56. The quantitative estimate of drug-likeness (QED) is 0.811. The monoisotopic (exact) mass is 289 g/mol. The Morgan fingerprint density at radius 3 is 2.68 bits per heavy atom. The first-order valence-electron chi connectivity index (χ1n) is 5.67. The van der Waals surface area contributed by atoms with Crippen molar-refractivity contribution in [1.82, 2.24) is 0 Å². The smallest absolute Gasteiger partial charge is 0.305 e. The Balaban J connectivity index is 2.61. The van der Waals surface area contributed by atoms with Gasteiger partial charge in [-0.1, -0.05) is 6.07 Å². The molecule has 0 amide bonds. The van der Waals surface area contributed by atoms with Crippen LogP contribution < -0.4 is 4.72 Å². The van der Waals surface area contributed by atoms with Gasteiger partial charge in [0.15, 0.2) is 0 Å². The van der Waals surface area contributed by atoms with E-state index in [1.165, 1.54) is 19.2 Å². The van der Waals surface area contributed by atoms with Gasteiger partial charge >= 0.3 is 5.97 Å². The summed E-state index contributed by atoms with van der Waals surface area (Å²) in [5, 5.41) is 0. The minimum Gasteiger partial charge on any atom is -0.469 e. The number of carbonyl (C=O) groups excluding carboxylic acids is 1. The summed E-state index contributed by atoms with van der Waals surface area (Å²) in [7, 11) is -2.44. The van der Waals surface area contributed by atoms with E-state index in [9.17, 15) is 17.6 Å². The maximum atomic E-state index is 13.5. The van der Waals surface area contributed by atoms with Crippen molar-refractivity contribution in [3.05, 3.63) is 29.6 Å². The topological polar surface area (TPSA) is 72.5 Å². The number of ether oxygens (including phenoxy) is 1. The Morgan fingerprint density at radius 2 is 2.11 bits per heavy atom. The van der Waals surface area contributed by atoms with Crippen molar-refractivity contribution in [2.45, 2.75) is 19.8 Å². The zero-order valence-corrected chi connectivity index (χ0v) is 11.6. The number of hydrogen-bond acceptors (Lipinski definition) is 4. The van der Waals surface area contributed by atoms with Crippen molar-refractivity contribution in [3.8, 4) is 0 Å². The summed E-state index contributed by atoms with van der Waals surface area (Å²) in [4.78, 5) is 10.9. The highest BCUT2D eigenvalue weighted by Gasteiger charge is 2.14. The van der Waals surface area contributed by atoms with Gasteiger partial charge in [0, 0.05) is 6.42 Å². The van der Waals surface area contributed by atoms with E-state index in [2.05, 4.69) is 9.46 Å².